The number of rotatable bonds is 5. The number of imidazole rings is 1. The van der Waals surface area contributed by atoms with E-state index in [1.54, 1.807) is 0 Å². The molecule has 8 nitrogen and oxygen atoms in total. The maximum atomic E-state index is 12.7. The molecule has 1 saturated heterocycles. The van der Waals surface area contributed by atoms with Crippen molar-refractivity contribution in [2.45, 2.75) is 39.8 Å². The molecule has 0 radical (unpaired) electrons. The Morgan fingerprint density at radius 3 is 2.65 bits per heavy atom. The largest absolute Gasteiger partial charge is 0.337 e. The monoisotopic (exact) mass is 359 g/mol. The van der Waals surface area contributed by atoms with Crippen molar-refractivity contribution in [3.05, 3.63) is 30.0 Å². The van der Waals surface area contributed by atoms with Crippen molar-refractivity contribution in [3.8, 4) is 0 Å². The van der Waals surface area contributed by atoms with Crippen LogP contribution < -0.4 is 5.32 Å². The molecule has 2 aromatic rings. The van der Waals surface area contributed by atoms with Crippen LogP contribution in [0, 0.1) is 6.92 Å². The summed E-state index contributed by atoms with van der Waals surface area (Å²) in [5.74, 6) is 1.83. The highest BCUT2D eigenvalue weighted by Crippen LogP contribution is 2.19. The van der Waals surface area contributed by atoms with Gasteiger partial charge in [0, 0.05) is 51.7 Å². The van der Waals surface area contributed by atoms with Gasteiger partial charge >= 0.3 is 6.03 Å². The lowest BCUT2D eigenvalue weighted by Crippen LogP contribution is -2.50. The van der Waals surface area contributed by atoms with Crippen LogP contribution in [0.5, 0.6) is 0 Å². The molecule has 0 saturated carbocycles. The third-order valence-electron chi connectivity index (χ3n) is 5.05. The van der Waals surface area contributed by atoms with Gasteiger partial charge in [-0.15, -0.1) is 0 Å². The molecule has 0 aliphatic carbocycles. The van der Waals surface area contributed by atoms with E-state index in [4.69, 9.17) is 0 Å². The van der Waals surface area contributed by atoms with Crippen LogP contribution in [-0.2, 0) is 13.6 Å². The Morgan fingerprint density at radius 1 is 1.31 bits per heavy atom. The van der Waals surface area contributed by atoms with Crippen LogP contribution in [0.4, 0.5) is 10.6 Å². The van der Waals surface area contributed by atoms with Crippen LogP contribution in [0.2, 0.25) is 0 Å². The number of aryl methyl sites for hydroxylation is 2. The second-order valence-corrected chi connectivity index (χ2v) is 7.02. The first-order valence-corrected chi connectivity index (χ1v) is 9.28. The van der Waals surface area contributed by atoms with E-state index >= 15 is 0 Å². The second-order valence-electron chi connectivity index (χ2n) is 7.02. The number of nitrogens with one attached hydrogen (secondary N) is 1. The van der Waals surface area contributed by atoms with E-state index in [0.717, 1.165) is 43.4 Å². The number of amides is 2. The van der Waals surface area contributed by atoms with Gasteiger partial charge in [-0.25, -0.2) is 14.5 Å². The summed E-state index contributed by atoms with van der Waals surface area (Å²) in [5, 5.41) is 7.55. The van der Waals surface area contributed by atoms with Crippen molar-refractivity contribution in [2.24, 2.45) is 7.05 Å². The van der Waals surface area contributed by atoms with E-state index in [9.17, 15) is 4.79 Å². The molecule has 0 spiro atoms. The van der Waals surface area contributed by atoms with Crippen LogP contribution in [-0.4, -0.2) is 61.3 Å². The van der Waals surface area contributed by atoms with Gasteiger partial charge < -0.3 is 9.47 Å². The zero-order chi connectivity index (χ0) is 18.7. The fourth-order valence-corrected chi connectivity index (χ4v) is 3.17. The first-order chi connectivity index (χ1) is 12.5. The molecule has 0 bridgehead atoms. The molecule has 142 valence electrons. The summed E-state index contributed by atoms with van der Waals surface area (Å²) < 4.78 is 3.95. The molecule has 26 heavy (non-hydrogen) atoms. The van der Waals surface area contributed by atoms with Crippen molar-refractivity contribution in [1.82, 2.24) is 29.1 Å². The third kappa shape index (κ3) is 4.07. The minimum atomic E-state index is -0.0499. The molecular formula is C18H29N7O. The van der Waals surface area contributed by atoms with Gasteiger partial charge in [-0.3, -0.25) is 10.2 Å². The van der Waals surface area contributed by atoms with Crippen LogP contribution in [0.1, 0.15) is 37.8 Å². The van der Waals surface area contributed by atoms with Gasteiger partial charge in [-0.2, -0.15) is 5.10 Å². The Bertz CT molecular complexity index is 743. The topological polar surface area (TPSA) is 71.2 Å². The summed E-state index contributed by atoms with van der Waals surface area (Å²) in [6.07, 6.45) is 4.75. The van der Waals surface area contributed by atoms with Crippen molar-refractivity contribution >= 4 is 11.8 Å². The van der Waals surface area contributed by atoms with E-state index in [-0.39, 0.29) is 12.1 Å². The summed E-state index contributed by atoms with van der Waals surface area (Å²) in [6.45, 7) is 10.1. The minimum Gasteiger partial charge on any atom is -0.337 e. The summed E-state index contributed by atoms with van der Waals surface area (Å²) in [7, 11) is 2.01. The number of anilines is 1. The Labute approximate surface area is 154 Å². The van der Waals surface area contributed by atoms with Gasteiger partial charge in [0.2, 0.25) is 0 Å². The average Bonchev–Trinajstić information content (AvgIpc) is 3.20. The quantitative estimate of drug-likeness (QED) is 0.889. The third-order valence-corrected chi connectivity index (χ3v) is 5.05. The van der Waals surface area contributed by atoms with Gasteiger partial charge in [-0.1, -0.05) is 6.92 Å². The molecular weight excluding hydrogens is 330 g/mol. The van der Waals surface area contributed by atoms with Gasteiger partial charge in [-0.05, 0) is 20.3 Å². The van der Waals surface area contributed by atoms with Crippen molar-refractivity contribution in [1.29, 1.82) is 0 Å². The highest BCUT2D eigenvalue weighted by atomic mass is 16.2. The maximum absolute atomic E-state index is 12.7. The minimum absolute atomic E-state index is 0.0499. The van der Waals surface area contributed by atoms with Gasteiger partial charge in [0.1, 0.15) is 11.6 Å². The molecule has 0 unspecified atom stereocenters. The Kier molecular flexibility index (Phi) is 5.61. The molecule has 1 fully saturated rings. The normalized spacial score (nSPS) is 16.7. The summed E-state index contributed by atoms with van der Waals surface area (Å²) in [6, 6.07) is 2.14. The SMILES string of the molecule is CC[C@@H](C)n1nc(C)cc1NC(=O)N1CCN(Cc2nccn2C)CC1. The van der Waals surface area contributed by atoms with Crippen LogP contribution in [0.25, 0.3) is 0 Å². The standard InChI is InChI=1S/C18H29N7O/c1-5-15(3)25-16(12-14(2)21-25)20-18(26)24-10-8-23(9-11-24)13-17-19-6-7-22(17)4/h6-7,12,15H,5,8-11,13H2,1-4H3,(H,20,26)/t15-/m1/s1. The highest BCUT2D eigenvalue weighted by Gasteiger charge is 2.23. The number of carbonyl (C=O) groups is 1. The van der Waals surface area contributed by atoms with E-state index in [0.29, 0.717) is 13.1 Å². The number of nitrogens with zero attached hydrogens (tertiary/aromatic N) is 6. The number of hydrogen-bond acceptors (Lipinski definition) is 4. The number of aromatic nitrogens is 4. The van der Waals surface area contributed by atoms with E-state index in [1.165, 1.54) is 0 Å². The predicted molar refractivity (Wildman–Crippen MR) is 101 cm³/mol. The highest BCUT2D eigenvalue weighted by molar-refractivity contribution is 5.88. The zero-order valence-corrected chi connectivity index (χ0v) is 16.1. The molecule has 2 amide bonds. The van der Waals surface area contributed by atoms with Gasteiger partial charge in [0.05, 0.1) is 18.3 Å². The Morgan fingerprint density at radius 2 is 2.04 bits per heavy atom. The van der Waals surface area contributed by atoms with E-state index < -0.39 is 0 Å². The molecule has 1 aliphatic rings. The summed E-state index contributed by atoms with van der Waals surface area (Å²) in [5.41, 5.74) is 0.917. The Hall–Kier alpha value is -2.35. The number of piperazine rings is 1. The number of urea groups is 1. The molecule has 1 aliphatic heterocycles. The molecule has 0 aromatic carbocycles. The van der Waals surface area contributed by atoms with Crippen LogP contribution in [0.3, 0.4) is 0 Å². The fourth-order valence-electron chi connectivity index (χ4n) is 3.17. The lowest BCUT2D eigenvalue weighted by molar-refractivity contribution is 0.140. The zero-order valence-electron chi connectivity index (χ0n) is 16.1. The van der Waals surface area contributed by atoms with Crippen molar-refractivity contribution in [2.75, 3.05) is 31.5 Å². The Balaban J connectivity index is 1.55. The number of carbonyl (C=O) groups excluding carboxylic acids is 1. The smallest absolute Gasteiger partial charge is 0.323 e. The van der Waals surface area contributed by atoms with E-state index in [1.807, 2.05) is 46.6 Å². The average molecular weight is 359 g/mol. The van der Waals surface area contributed by atoms with Gasteiger partial charge in [0.25, 0.3) is 0 Å². The fraction of sp³-hybridized carbons (Fsp3) is 0.611. The summed E-state index contributed by atoms with van der Waals surface area (Å²) in [4.78, 5) is 21.2. The first-order valence-electron chi connectivity index (χ1n) is 9.28. The van der Waals surface area contributed by atoms with Crippen LogP contribution in [0.15, 0.2) is 18.5 Å². The molecule has 3 rings (SSSR count). The molecule has 8 heteroatoms. The lowest BCUT2D eigenvalue weighted by atomic mass is 10.3. The second kappa shape index (κ2) is 7.90. The van der Waals surface area contributed by atoms with Crippen molar-refractivity contribution < 1.29 is 4.79 Å². The maximum Gasteiger partial charge on any atom is 0.323 e. The van der Waals surface area contributed by atoms with Crippen LogP contribution >= 0.6 is 0 Å². The molecule has 3 heterocycles. The van der Waals surface area contributed by atoms with Crippen molar-refractivity contribution in [3.63, 3.8) is 0 Å². The lowest BCUT2D eigenvalue weighted by Gasteiger charge is -2.34. The molecule has 1 N–H and O–H groups in total. The molecule has 2 aromatic heterocycles. The molecule has 1 atom stereocenters. The first kappa shape index (κ1) is 18.4. The predicted octanol–water partition coefficient (Wildman–Crippen LogP) is 2.25. The van der Waals surface area contributed by atoms with Gasteiger partial charge in [0.15, 0.2) is 0 Å². The van der Waals surface area contributed by atoms with E-state index in [2.05, 4.69) is 34.1 Å². The number of hydrogen-bond donors (Lipinski definition) is 1. The summed E-state index contributed by atoms with van der Waals surface area (Å²) >= 11 is 0.